The third-order valence-corrected chi connectivity index (χ3v) is 5.05. The molecule has 152 valence electrons. The van der Waals surface area contributed by atoms with E-state index in [1.54, 1.807) is 48.5 Å². The fraction of sp³-hybridized carbons (Fsp3) is 0.722. The summed E-state index contributed by atoms with van der Waals surface area (Å²) in [6.07, 6.45) is -4.37. The highest BCUT2D eigenvalue weighted by molar-refractivity contribution is 6.53. The highest BCUT2D eigenvalue weighted by Gasteiger charge is 2.53. The summed E-state index contributed by atoms with van der Waals surface area (Å²) in [4.78, 5) is 0. The zero-order valence-corrected chi connectivity index (χ0v) is 16.7. The van der Waals surface area contributed by atoms with Crippen LogP contribution in [0.5, 0.6) is 0 Å². The van der Waals surface area contributed by atoms with Crippen molar-refractivity contribution in [2.75, 3.05) is 0 Å². The third kappa shape index (κ3) is 4.74. The summed E-state index contributed by atoms with van der Waals surface area (Å²) >= 11 is 0. The second-order valence-corrected chi connectivity index (χ2v) is 8.87. The normalized spacial score (nSPS) is 21.6. The molecule has 1 unspecified atom stereocenters. The minimum Gasteiger partial charge on any atom is -0.398 e. The van der Waals surface area contributed by atoms with Crippen molar-refractivity contribution in [2.45, 2.75) is 83.6 Å². The van der Waals surface area contributed by atoms with Gasteiger partial charge in [-0.3, -0.25) is 0 Å². The molecule has 0 amide bonds. The predicted molar refractivity (Wildman–Crippen MR) is 93.9 cm³/mol. The summed E-state index contributed by atoms with van der Waals surface area (Å²) in [7, 11) is -1.33. The van der Waals surface area contributed by atoms with Gasteiger partial charge in [-0.25, -0.2) is 4.39 Å². The number of hydrogen-bond acceptors (Lipinski definition) is 4. The van der Waals surface area contributed by atoms with E-state index in [-0.39, 0.29) is 5.69 Å². The molecular formula is C18H26BF4NO3. The lowest BCUT2D eigenvalue weighted by Gasteiger charge is -2.32. The topological polar surface area (TPSA) is 44.5 Å². The fourth-order valence-corrected chi connectivity index (χ4v) is 2.51. The van der Waals surface area contributed by atoms with Crippen LogP contribution in [0, 0.1) is 0 Å². The third-order valence-electron chi connectivity index (χ3n) is 5.05. The molecule has 0 aliphatic carbocycles. The summed E-state index contributed by atoms with van der Waals surface area (Å²) in [5.41, 5.74) is -3.20. The molecule has 1 aliphatic rings. The Balaban J connectivity index is 2.20. The number of hydrogen-bond donors (Lipinski definition) is 0. The van der Waals surface area contributed by atoms with Crippen molar-refractivity contribution >= 4 is 7.12 Å². The summed E-state index contributed by atoms with van der Waals surface area (Å²) in [6.45, 7) is 12.4. The molecule has 0 saturated carbocycles. The van der Waals surface area contributed by atoms with Crippen LogP contribution in [-0.4, -0.2) is 29.7 Å². The van der Waals surface area contributed by atoms with Crippen LogP contribution in [0.15, 0.2) is 22.4 Å². The van der Waals surface area contributed by atoms with Crippen LogP contribution in [0.1, 0.15) is 72.3 Å². The van der Waals surface area contributed by atoms with Crippen molar-refractivity contribution in [3.63, 3.8) is 0 Å². The Bertz CT molecular complexity index is 688. The second kappa shape index (κ2) is 6.92. The van der Waals surface area contributed by atoms with Gasteiger partial charge >= 0.3 is 13.3 Å². The summed E-state index contributed by atoms with van der Waals surface area (Å²) in [5, 5.41) is 3.56. The first-order valence-corrected chi connectivity index (χ1v) is 8.79. The highest BCUT2D eigenvalue weighted by Crippen LogP contribution is 2.41. The van der Waals surface area contributed by atoms with Crippen LogP contribution >= 0.6 is 0 Å². The van der Waals surface area contributed by atoms with Crippen molar-refractivity contribution in [3.05, 3.63) is 29.3 Å². The van der Waals surface area contributed by atoms with E-state index in [0.29, 0.717) is 5.76 Å². The second-order valence-electron chi connectivity index (χ2n) is 8.87. The standard InChI is InChI=1S/C18H26BF4NO3/c1-15(2,3)13-10-12(24-25-13)11(18(21,22)23)8-9-14(20)19-26-16(4,5)17(6,7)27-19/h9-11H,8H2,1-7H3. The highest BCUT2D eigenvalue weighted by atomic mass is 19.4. The molecule has 1 atom stereocenters. The Morgan fingerprint density at radius 2 is 1.67 bits per heavy atom. The number of rotatable bonds is 4. The molecule has 9 heteroatoms. The minimum absolute atomic E-state index is 0.273. The van der Waals surface area contributed by atoms with Gasteiger partial charge in [0.25, 0.3) is 0 Å². The molecule has 0 bridgehead atoms. The number of aromatic nitrogens is 1. The number of nitrogens with zero attached hydrogens (tertiary/aromatic N) is 1. The van der Waals surface area contributed by atoms with Gasteiger partial charge in [0, 0.05) is 11.5 Å². The predicted octanol–water partition coefficient (Wildman–Crippen LogP) is 5.49. The molecule has 1 fully saturated rings. The Morgan fingerprint density at radius 3 is 2.07 bits per heavy atom. The average Bonchev–Trinajstić information content (AvgIpc) is 3.01. The molecular weight excluding hydrogens is 365 g/mol. The summed E-state index contributed by atoms with van der Waals surface area (Å²) < 4.78 is 71.0. The molecule has 1 saturated heterocycles. The number of halogens is 4. The Kier molecular flexibility index (Phi) is 5.62. The smallest absolute Gasteiger partial charge is 0.398 e. The average molecular weight is 391 g/mol. The zero-order valence-electron chi connectivity index (χ0n) is 16.7. The van der Waals surface area contributed by atoms with Crippen molar-refractivity contribution < 1.29 is 31.4 Å². The SMILES string of the molecule is CC(C)(C)c1cc(C(CC=C(F)B2OC(C)(C)C(C)(C)O2)C(F)(F)F)no1. The van der Waals surface area contributed by atoms with E-state index in [0.717, 1.165) is 6.08 Å². The lowest BCUT2D eigenvalue weighted by atomic mass is 9.85. The molecule has 2 rings (SSSR count). The molecule has 0 N–H and O–H groups in total. The molecule has 0 spiro atoms. The van der Waals surface area contributed by atoms with E-state index in [1.165, 1.54) is 6.07 Å². The van der Waals surface area contributed by atoms with Crippen LogP contribution < -0.4 is 0 Å². The van der Waals surface area contributed by atoms with Crippen LogP contribution in [0.3, 0.4) is 0 Å². The van der Waals surface area contributed by atoms with E-state index in [1.807, 2.05) is 0 Å². The van der Waals surface area contributed by atoms with E-state index < -0.39 is 48.0 Å². The lowest BCUT2D eigenvalue weighted by Crippen LogP contribution is -2.41. The zero-order chi connectivity index (χ0) is 20.8. The lowest BCUT2D eigenvalue weighted by molar-refractivity contribution is -0.150. The van der Waals surface area contributed by atoms with Gasteiger partial charge in [0.05, 0.1) is 16.9 Å². The van der Waals surface area contributed by atoms with E-state index in [4.69, 9.17) is 13.8 Å². The molecule has 0 radical (unpaired) electrons. The van der Waals surface area contributed by atoms with Crippen LogP contribution in [0.2, 0.25) is 0 Å². The molecule has 0 aromatic carbocycles. The van der Waals surface area contributed by atoms with E-state index >= 15 is 0 Å². The first-order chi connectivity index (χ1) is 12.0. The molecule has 27 heavy (non-hydrogen) atoms. The van der Waals surface area contributed by atoms with Crippen LogP contribution in [0.4, 0.5) is 17.6 Å². The van der Waals surface area contributed by atoms with Crippen LogP contribution in [0.25, 0.3) is 0 Å². The number of alkyl halides is 3. The maximum atomic E-state index is 14.5. The van der Waals surface area contributed by atoms with Gasteiger partial charge < -0.3 is 13.8 Å². The Labute approximate surface area is 157 Å². The van der Waals surface area contributed by atoms with Crippen LogP contribution in [-0.2, 0) is 14.7 Å². The quantitative estimate of drug-likeness (QED) is 0.503. The van der Waals surface area contributed by atoms with Crippen molar-refractivity contribution in [2.24, 2.45) is 0 Å². The fourth-order valence-electron chi connectivity index (χ4n) is 2.51. The van der Waals surface area contributed by atoms with Gasteiger partial charge in [-0.2, -0.15) is 13.2 Å². The molecule has 1 aromatic heterocycles. The molecule has 1 aromatic rings. The maximum Gasteiger partial charge on any atom is 0.524 e. The van der Waals surface area contributed by atoms with Gasteiger partial charge in [-0.1, -0.05) is 32.0 Å². The molecule has 2 heterocycles. The Morgan fingerprint density at radius 1 is 1.15 bits per heavy atom. The van der Waals surface area contributed by atoms with E-state index in [2.05, 4.69) is 5.16 Å². The number of allylic oxidation sites excluding steroid dienone is 1. The summed E-state index contributed by atoms with van der Waals surface area (Å²) in [5.74, 6) is -1.65. The minimum atomic E-state index is -4.60. The maximum absolute atomic E-state index is 14.5. The first kappa shape index (κ1) is 21.9. The summed E-state index contributed by atoms with van der Waals surface area (Å²) in [6, 6.07) is 1.28. The first-order valence-electron chi connectivity index (χ1n) is 8.79. The van der Waals surface area contributed by atoms with Gasteiger partial charge in [-0.05, 0) is 34.1 Å². The molecule has 4 nitrogen and oxygen atoms in total. The van der Waals surface area contributed by atoms with Crippen molar-refractivity contribution in [1.29, 1.82) is 0 Å². The van der Waals surface area contributed by atoms with E-state index in [9.17, 15) is 17.6 Å². The van der Waals surface area contributed by atoms with Gasteiger partial charge in [0.1, 0.15) is 17.4 Å². The van der Waals surface area contributed by atoms with Gasteiger partial charge in [0.15, 0.2) is 0 Å². The Hall–Kier alpha value is -1.35. The van der Waals surface area contributed by atoms with Crippen molar-refractivity contribution in [3.8, 4) is 0 Å². The largest absolute Gasteiger partial charge is 0.524 e. The molecule has 1 aliphatic heterocycles. The monoisotopic (exact) mass is 391 g/mol. The van der Waals surface area contributed by atoms with Gasteiger partial charge in [0.2, 0.25) is 0 Å². The van der Waals surface area contributed by atoms with Crippen molar-refractivity contribution in [1.82, 2.24) is 5.16 Å². The van der Waals surface area contributed by atoms with Gasteiger partial charge in [-0.15, -0.1) is 0 Å².